The van der Waals surface area contributed by atoms with Gasteiger partial charge in [0.05, 0.1) is 0 Å². The molecular formula is C10H10BrN3. The van der Waals surface area contributed by atoms with Gasteiger partial charge in [-0.05, 0) is 15.9 Å². The first-order chi connectivity index (χ1) is 6.70. The molecule has 0 fully saturated rings. The fourth-order valence-electron chi connectivity index (χ4n) is 1.27. The lowest BCUT2D eigenvalue weighted by atomic mass is 10.2. The summed E-state index contributed by atoms with van der Waals surface area (Å²) in [6.45, 7) is 0. The maximum absolute atomic E-state index is 5.70. The molecule has 0 aliphatic heterocycles. The van der Waals surface area contributed by atoms with E-state index < -0.39 is 0 Å². The lowest BCUT2D eigenvalue weighted by Gasteiger charge is -1.97. The zero-order chi connectivity index (χ0) is 10.1. The molecule has 0 aliphatic rings. The molecule has 1 aromatic carbocycles. The van der Waals surface area contributed by atoms with Gasteiger partial charge in [0, 0.05) is 12.6 Å². The van der Waals surface area contributed by atoms with Gasteiger partial charge in [-0.2, -0.15) is 0 Å². The van der Waals surface area contributed by atoms with Crippen molar-refractivity contribution >= 4 is 21.9 Å². The Morgan fingerprint density at radius 3 is 2.43 bits per heavy atom. The van der Waals surface area contributed by atoms with E-state index in [0.29, 0.717) is 5.95 Å². The van der Waals surface area contributed by atoms with Gasteiger partial charge in [0.1, 0.15) is 10.3 Å². The average molecular weight is 252 g/mol. The van der Waals surface area contributed by atoms with E-state index in [2.05, 4.69) is 20.9 Å². The summed E-state index contributed by atoms with van der Waals surface area (Å²) in [7, 11) is 1.87. The van der Waals surface area contributed by atoms with Crippen LogP contribution in [0.3, 0.4) is 0 Å². The second kappa shape index (κ2) is 3.46. The number of halogens is 1. The number of hydrogen-bond acceptors (Lipinski definition) is 2. The van der Waals surface area contributed by atoms with Crippen LogP contribution in [0.4, 0.5) is 5.95 Å². The Morgan fingerprint density at radius 2 is 1.93 bits per heavy atom. The van der Waals surface area contributed by atoms with E-state index in [1.165, 1.54) is 0 Å². The molecule has 2 N–H and O–H groups in total. The quantitative estimate of drug-likeness (QED) is 0.847. The van der Waals surface area contributed by atoms with Crippen molar-refractivity contribution in [2.75, 3.05) is 5.73 Å². The number of rotatable bonds is 1. The van der Waals surface area contributed by atoms with Crippen molar-refractivity contribution in [3.63, 3.8) is 0 Å². The number of benzene rings is 1. The number of imidazole rings is 1. The first-order valence-electron chi connectivity index (χ1n) is 4.23. The first-order valence-corrected chi connectivity index (χ1v) is 5.02. The second-order valence-electron chi connectivity index (χ2n) is 3.03. The Morgan fingerprint density at radius 1 is 1.29 bits per heavy atom. The van der Waals surface area contributed by atoms with Crippen molar-refractivity contribution in [2.45, 2.75) is 0 Å². The molecule has 0 spiro atoms. The maximum Gasteiger partial charge on any atom is 0.201 e. The van der Waals surface area contributed by atoms with E-state index in [1.807, 2.05) is 41.9 Å². The molecule has 3 nitrogen and oxygen atoms in total. The maximum atomic E-state index is 5.70. The van der Waals surface area contributed by atoms with Crippen LogP contribution in [0.5, 0.6) is 0 Å². The van der Waals surface area contributed by atoms with Gasteiger partial charge >= 0.3 is 0 Å². The minimum atomic E-state index is 0.510. The van der Waals surface area contributed by atoms with Gasteiger partial charge in [-0.25, -0.2) is 4.98 Å². The molecule has 72 valence electrons. The Hall–Kier alpha value is -1.29. The average Bonchev–Trinajstić information content (AvgIpc) is 2.47. The van der Waals surface area contributed by atoms with Crippen LogP contribution in [0, 0.1) is 0 Å². The summed E-state index contributed by atoms with van der Waals surface area (Å²) >= 11 is 3.46. The standard InChI is InChI=1S/C10H10BrN3/c1-14-9(11)8(13-10(14)12)7-5-3-2-4-6-7/h2-6H,1H3,(H2,12,13). The third kappa shape index (κ3) is 1.42. The molecule has 0 atom stereocenters. The molecule has 0 saturated carbocycles. The van der Waals surface area contributed by atoms with Crippen molar-refractivity contribution in [1.29, 1.82) is 0 Å². The highest BCUT2D eigenvalue weighted by Crippen LogP contribution is 2.28. The third-order valence-electron chi connectivity index (χ3n) is 2.11. The van der Waals surface area contributed by atoms with E-state index in [4.69, 9.17) is 5.73 Å². The molecular weight excluding hydrogens is 242 g/mol. The molecule has 0 saturated heterocycles. The molecule has 0 radical (unpaired) electrons. The highest BCUT2D eigenvalue weighted by Gasteiger charge is 2.11. The summed E-state index contributed by atoms with van der Waals surface area (Å²) in [5.74, 6) is 0.510. The SMILES string of the molecule is Cn1c(N)nc(-c2ccccc2)c1Br. The normalized spacial score (nSPS) is 10.4. The van der Waals surface area contributed by atoms with Crippen molar-refractivity contribution < 1.29 is 0 Å². The van der Waals surface area contributed by atoms with Crippen LogP contribution < -0.4 is 5.73 Å². The van der Waals surface area contributed by atoms with E-state index in [1.54, 1.807) is 0 Å². The minimum Gasteiger partial charge on any atom is -0.369 e. The zero-order valence-electron chi connectivity index (χ0n) is 7.74. The van der Waals surface area contributed by atoms with Crippen molar-refractivity contribution in [3.8, 4) is 11.3 Å². The van der Waals surface area contributed by atoms with E-state index in [9.17, 15) is 0 Å². The van der Waals surface area contributed by atoms with Crippen LogP contribution in [-0.4, -0.2) is 9.55 Å². The molecule has 0 unspecified atom stereocenters. The van der Waals surface area contributed by atoms with Crippen molar-refractivity contribution in [3.05, 3.63) is 34.9 Å². The Bertz CT molecular complexity index is 448. The molecule has 2 rings (SSSR count). The highest BCUT2D eigenvalue weighted by molar-refractivity contribution is 9.10. The summed E-state index contributed by atoms with van der Waals surface area (Å²) < 4.78 is 2.71. The van der Waals surface area contributed by atoms with Gasteiger partial charge in [-0.3, -0.25) is 0 Å². The Labute approximate surface area is 90.7 Å². The first kappa shape index (κ1) is 9.27. The number of anilines is 1. The third-order valence-corrected chi connectivity index (χ3v) is 3.01. The van der Waals surface area contributed by atoms with Crippen molar-refractivity contribution in [2.24, 2.45) is 7.05 Å². The number of nitrogens with two attached hydrogens (primary N) is 1. The van der Waals surface area contributed by atoms with Gasteiger partial charge < -0.3 is 10.3 Å². The van der Waals surface area contributed by atoms with Gasteiger partial charge in [-0.15, -0.1) is 0 Å². The van der Waals surface area contributed by atoms with Gasteiger partial charge in [0.25, 0.3) is 0 Å². The van der Waals surface area contributed by atoms with Crippen LogP contribution in [0.2, 0.25) is 0 Å². The van der Waals surface area contributed by atoms with Gasteiger partial charge in [0.15, 0.2) is 0 Å². The molecule has 14 heavy (non-hydrogen) atoms. The molecule has 4 heteroatoms. The Kier molecular flexibility index (Phi) is 2.29. The summed E-state index contributed by atoms with van der Waals surface area (Å²) in [4.78, 5) is 4.27. The number of nitrogens with zero attached hydrogens (tertiary/aromatic N) is 2. The fraction of sp³-hybridized carbons (Fsp3) is 0.100. The second-order valence-corrected chi connectivity index (χ2v) is 3.79. The summed E-state index contributed by atoms with van der Waals surface area (Å²) in [6.07, 6.45) is 0. The topological polar surface area (TPSA) is 43.8 Å². The van der Waals surface area contributed by atoms with E-state index >= 15 is 0 Å². The molecule has 2 aromatic rings. The van der Waals surface area contributed by atoms with E-state index in [0.717, 1.165) is 15.9 Å². The van der Waals surface area contributed by atoms with Crippen LogP contribution in [0.25, 0.3) is 11.3 Å². The van der Waals surface area contributed by atoms with Crippen LogP contribution >= 0.6 is 15.9 Å². The molecule has 0 amide bonds. The Balaban J connectivity index is 2.58. The molecule has 1 heterocycles. The lowest BCUT2D eigenvalue weighted by Crippen LogP contribution is -1.96. The summed E-state index contributed by atoms with van der Waals surface area (Å²) in [5.41, 5.74) is 7.64. The molecule has 1 aromatic heterocycles. The lowest BCUT2D eigenvalue weighted by molar-refractivity contribution is 0.907. The molecule has 0 bridgehead atoms. The number of aromatic nitrogens is 2. The molecule has 0 aliphatic carbocycles. The van der Waals surface area contributed by atoms with Crippen LogP contribution in [0.15, 0.2) is 34.9 Å². The van der Waals surface area contributed by atoms with Crippen LogP contribution in [-0.2, 0) is 7.05 Å². The summed E-state index contributed by atoms with van der Waals surface area (Å²) in [5, 5.41) is 0. The predicted octanol–water partition coefficient (Wildman–Crippen LogP) is 2.43. The summed E-state index contributed by atoms with van der Waals surface area (Å²) in [6, 6.07) is 9.95. The predicted molar refractivity (Wildman–Crippen MR) is 60.8 cm³/mol. The minimum absolute atomic E-state index is 0.510. The van der Waals surface area contributed by atoms with Gasteiger partial charge in [0.2, 0.25) is 5.95 Å². The number of hydrogen-bond donors (Lipinski definition) is 1. The smallest absolute Gasteiger partial charge is 0.201 e. The number of nitrogen functional groups attached to an aromatic ring is 1. The fourth-order valence-corrected chi connectivity index (χ4v) is 1.77. The van der Waals surface area contributed by atoms with Crippen molar-refractivity contribution in [1.82, 2.24) is 9.55 Å². The van der Waals surface area contributed by atoms with Crippen LogP contribution in [0.1, 0.15) is 0 Å². The van der Waals surface area contributed by atoms with E-state index in [-0.39, 0.29) is 0 Å². The zero-order valence-corrected chi connectivity index (χ0v) is 9.32. The van der Waals surface area contributed by atoms with Gasteiger partial charge in [-0.1, -0.05) is 30.3 Å². The highest BCUT2D eigenvalue weighted by atomic mass is 79.9. The monoisotopic (exact) mass is 251 g/mol. The largest absolute Gasteiger partial charge is 0.369 e.